The van der Waals surface area contributed by atoms with E-state index in [-0.39, 0.29) is 6.04 Å². The Bertz CT molecular complexity index is 967. The molecule has 1 atom stereocenters. The van der Waals surface area contributed by atoms with Gasteiger partial charge in [-0.25, -0.2) is 0 Å². The minimum Gasteiger partial charge on any atom is -0.379 e. The topological polar surface area (TPSA) is 15.7 Å². The predicted molar refractivity (Wildman–Crippen MR) is 150 cm³/mol. The highest BCUT2D eigenvalue weighted by Crippen LogP contribution is 2.60. The highest BCUT2D eigenvalue weighted by atomic mass is 35.5. The monoisotopic (exact) mass is 526 g/mol. The largest absolute Gasteiger partial charge is 0.379 e. The smallest absolute Gasteiger partial charge is 0.0751 e. The van der Waals surface area contributed by atoms with Crippen molar-refractivity contribution in [3.8, 4) is 0 Å². The van der Waals surface area contributed by atoms with Crippen LogP contribution in [0.3, 0.4) is 0 Å². The van der Waals surface area contributed by atoms with Crippen LogP contribution in [0, 0.1) is 23.2 Å². The van der Waals surface area contributed by atoms with Crippen LogP contribution in [0.2, 0.25) is 10.0 Å². The lowest BCUT2D eigenvalue weighted by atomic mass is 9.50. The molecular weight excluding hydrogens is 487 g/mol. The first-order chi connectivity index (χ1) is 17.6. The van der Waals surface area contributed by atoms with Gasteiger partial charge in [0, 0.05) is 13.1 Å². The fourth-order valence-electron chi connectivity index (χ4n) is 8.32. The van der Waals surface area contributed by atoms with Gasteiger partial charge in [-0.2, -0.15) is 0 Å². The molecule has 7 rings (SSSR count). The highest BCUT2D eigenvalue weighted by molar-refractivity contribution is 6.39. The molecule has 0 radical (unpaired) electrons. The number of anilines is 1. The number of halogens is 2. The molecule has 36 heavy (non-hydrogen) atoms. The molecule has 0 N–H and O–H groups in total. The zero-order chi connectivity index (χ0) is 24.5. The number of nitrogens with zero attached hydrogens (tertiary/aromatic N) is 2. The summed E-state index contributed by atoms with van der Waals surface area (Å²) in [5, 5.41) is 1.43. The highest BCUT2D eigenvalue weighted by Gasteiger charge is 2.51. The van der Waals surface area contributed by atoms with Gasteiger partial charge in [-0.3, -0.25) is 0 Å². The molecule has 194 valence electrons. The van der Waals surface area contributed by atoms with Crippen LogP contribution < -0.4 is 4.90 Å². The molecule has 5 fully saturated rings. The van der Waals surface area contributed by atoms with E-state index < -0.39 is 0 Å². The minimum atomic E-state index is 0.189. The van der Waals surface area contributed by atoms with E-state index >= 15 is 0 Å². The van der Waals surface area contributed by atoms with Crippen molar-refractivity contribution in [2.45, 2.75) is 64.0 Å². The van der Waals surface area contributed by atoms with Crippen LogP contribution in [-0.4, -0.2) is 43.8 Å². The summed E-state index contributed by atoms with van der Waals surface area (Å²) in [6.07, 6.45) is 11.2. The van der Waals surface area contributed by atoms with Crippen molar-refractivity contribution in [3.63, 3.8) is 0 Å². The lowest BCUT2D eigenvalue weighted by Gasteiger charge is -2.56. The number of hydrogen-bond donors (Lipinski definition) is 0. The van der Waals surface area contributed by atoms with Gasteiger partial charge in [-0.1, -0.05) is 59.6 Å². The Labute approximate surface area is 227 Å². The van der Waals surface area contributed by atoms with Crippen LogP contribution in [-0.2, 0) is 11.3 Å². The number of para-hydroxylation sites is 1. The summed E-state index contributed by atoms with van der Waals surface area (Å²) in [5.74, 6) is 2.87. The number of hydrogen-bond acceptors (Lipinski definition) is 3. The number of ether oxygens (including phenoxy) is 1. The molecule has 1 saturated heterocycles. The molecule has 0 aromatic heterocycles. The Hall–Kier alpha value is -1.26. The van der Waals surface area contributed by atoms with Gasteiger partial charge in [-0.15, -0.1) is 0 Å². The predicted octanol–water partition coefficient (Wildman–Crippen LogP) is 7.70. The SMILES string of the molecule is Clc1cccc(Cl)c1N(Cc1ccccc1)C(COCC12CC3CC(CC(C3)C1)C2)CN1CCCC1. The molecule has 5 aliphatic rings. The number of benzene rings is 2. The van der Waals surface area contributed by atoms with Gasteiger partial charge in [0.1, 0.15) is 0 Å². The van der Waals surface area contributed by atoms with E-state index in [1.807, 2.05) is 18.2 Å². The second-order valence-electron chi connectivity index (χ2n) is 12.3. The lowest BCUT2D eigenvalue weighted by Crippen LogP contribution is -2.50. The molecule has 5 heteroatoms. The molecule has 1 unspecified atom stereocenters. The van der Waals surface area contributed by atoms with Crippen LogP contribution in [0.4, 0.5) is 5.69 Å². The maximum absolute atomic E-state index is 6.82. The third kappa shape index (κ3) is 5.46. The van der Waals surface area contributed by atoms with Crippen molar-refractivity contribution in [1.82, 2.24) is 4.90 Å². The van der Waals surface area contributed by atoms with Gasteiger partial charge in [0.05, 0.1) is 35.0 Å². The van der Waals surface area contributed by atoms with E-state index in [1.54, 1.807) is 0 Å². The molecule has 4 aliphatic carbocycles. The van der Waals surface area contributed by atoms with Crippen molar-refractivity contribution < 1.29 is 4.74 Å². The first kappa shape index (κ1) is 25.0. The van der Waals surface area contributed by atoms with Crippen LogP contribution in [0.15, 0.2) is 48.5 Å². The van der Waals surface area contributed by atoms with Crippen LogP contribution in [0.25, 0.3) is 0 Å². The third-order valence-electron chi connectivity index (χ3n) is 9.41. The van der Waals surface area contributed by atoms with Crippen LogP contribution in [0.5, 0.6) is 0 Å². The van der Waals surface area contributed by atoms with Crippen LogP contribution >= 0.6 is 23.2 Å². The fraction of sp³-hybridized carbons (Fsp3) is 0.613. The zero-order valence-corrected chi connectivity index (χ0v) is 22.9. The van der Waals surface area contributed by atoms with E-state index in [2.05, 4.69) is 40.1 Å². The van der Waals surface area contributed by atoms with Crippen molar-refractivity contribution in [2.24, 2.45) is 23.2 Å². The van der Waals surface area contributed by atoms with Gasteiger partial charge in [-0.05, 0) is 105 Å². The standard InChI is InChI=1S/C31H40Cl2N2O/c32-28-9-6-10-29(33)30(28)35(19-23-7-2-1-3-8-23)27(20-34-11-4-5-12-34)21-36-22-31-16-24-13-25(17-31)15-26(14-24)18-31/h1-3,6-10,24-27H,4-5,11-22H2. The van der Waals surface area contributed by atoms with Crippen LogP contribution in [0.1, 0.15) is 56.9 Å². The summed E-state index contributed by atoms with van der Waals surface area (Å²) in [5.41, 5.74) is 2.63. The normalized spacial score (nSPS) is 30.1. The summed E-state index contributed by atoms with van der Waals surface area (Å²) in [6.45, 7) is 5.72. The number of rotatable bonds is 10. The summed E-state index contributed by atoms with van der Waals surface area (Å²) in [7, 11) is 0. The molecular formula is C31H40Cl2N2O. The van der Waals surface area contributed by atoms with Crippen molar-refractivity contribution in [3.05, 3.63) is 64.1 Å². The molecule has 0 amide bonds. The first-order valence-corrected chi connectivity index (χ1v) is 14.9. The minimum absolute atomic E-state index is 0.189. The molecule has 0 spiro atoms. The van der Waals surface area contributed by atoms with Gasteiger partial charge in [0.2, 0.25) is 0 Å². The van der Waals surface area contributed by atoms with Gasteiger partial charge in [0.15, 0.2) is 0 Å². The Morgan fingerprint density at radius 3 is 2.08 bits per heavy atom. The molecule has 3 nitrogen and oxygen atoms in total. The van der Waals surface area contributed by atoms with Gasteiger partial charge < -0.3 is 14.5 Å². The Morgan fingerprint density at radius 2 is 1.47 bits per heavy atom. The third-order valence-corrected chi connectivity index (χ3v) is 10.0. The maximum atomic E-state index is 6.82. The van der Waals surface area contributed by atoms with E-state index in [9.17, 15) is 0 Å². The van der Waals surface area contributed by atoms with E-state index in [1.165, 1.54) is 70.0 Å². The van der Waals surface area contributed by atoms with E-state index in [0.29, 0.717) is 22.1 Å². The molecule has 1 aliphatic heterocycles. The summed E-state index contributed by atoms with van der Waals surface area (Å²) in [4.78, 5) is 5.03. The Morgan fingerprint density at radius 1 is 0.861 bits per heavy atom. The second-order valence-corrected chi connectivity index (χ2v) is 13.1. The maximum Gasteiger partial charge on any atom is 0.0751 e. The molecule has 2 aromatic rings. The summed E-state index contributed by atoms with van der Waals surface area (Å²) < 4.78 is 6.76. The first-order valence-electron chi connectivity index (χ1n) is 14.1. The quantitative estimate of drug-likeness (QED) is 0.315. The number of likely N-dealkylation sites (tertiary alicyclic amines) is 1. The average molecular weight is 528 g/mol. The zero-order valence-electron chi connectivity index (χ0n) is 21.4. The van der Waals surface area contributed by atoms with Gasteiger partial charge >= 0.3 is 0 Å². The molecule has 2 aromatic carbocycles. The van der Waals surface area contributed by atoms with Crippen molar-refractivity contribution >= 4 is 28.9 Å². The molecule has 4 saturated carbocycles. The van der Waals surface area contributed by atoms with Crippen molar-refractivity contribution in [1.29, 1.82) is 0 Å². The van der Waals surface area contributed by atoms with Gasteiger partial charge in [0.25, 0.3) is 0 Å². The Balaban J connectivity index is 1.24. The lowest BCUT2D eigenvalue weighted by molar-refractivity contribution is -0.0981. The molecule has 1 heterocycles. The fourth-order valence-corrected chi connectivity index (χ4v) is 8.93. The average Bonchev–Trinajstić information content (AvgIpc) is 3.36. The summed E-state index contributed by atoms with van der Waals surface area (Å²) >= 11 is 13.6. The second kappa shape index (κ2) is 10.8. The molecule has 4 bridgehead atoms. The van der Waals surface area contributed by atoms with Crippen molar-refractivity contribution in [2.75, 3.05) is 37.7 Å². The Kier molecular flexibility index (Phi) is 7.55. The summed E-state index contributed by atoms with van der Waals surface area (Å²) in [6, 6.07) is 16.7. The van der Waals surface area contributed by atoms with E-state index in [4.69, 9.17) is 27.9 Å². The van der Waals surface area contributed by atoms with E-state index in [0.717, 1.165) is 43.1 Å².